The van der Waals surface area contributed by atoms with E-state index in [1.807, 2.05) is 0 Å². The molecule has 0 fully saturated rings. The minimum absolute atomic E-state index is 0.252. The quantitative estimate of drug-likeness (QED) is 0.815. The minimum atomic E-state index is 0.252. The van der Waals surface area contributed by atoms with Crippen LogP contribution in [-0.4, -0.2) is 18.7 Å². The van der Waals surface area contributed by atoms with Crippen molar-refractivity contribution >= 4 is 0 Å². The van der Waals surface area contributed by atoms with E-state index in [1.54, 1.807) is 0 Å². The van der Waals surface area contributed by atoms with Crippen molar-refractivity contribution in [2.45, 2.75) is 53.2 Å². The summed E-state index contributed by atoms with van der Waals surface area (Å²) in [7, 11) is 0. The number of nitrogens with one attached hydrogen (secondary N) is 1. The van der Waals surface area contributed by atoms with E-state index >= 15 is 0 Å². The molecule has 0 aromatic heterocycles. The van der Waals surface area contributed by atoms with Crippen LogP contribution in [0.3, 0.4) is 0 Å². The van der Waals surface area contributed by atoms with E-state index in [0.717, 1.165) is 18.7 Å². The van der Waals surface area contributed by atoms with Gasteiger partial charge in [0.2, 0.25) is 0 Å². The molecule has 0 radical (unpaired) electrons. The zero-order valence-electron chi connectivity index (χ0n) is 11.7. The maximum Gasteiger partial charge on any atom is 0.122 e. The number of ether oxygens (including phenoxy) is 1. The number of hydrogen-bond donors (Lipinski definition) is 1. The first-order chi connectivity index (χ1) is 7.99. The molecule has 1 N–H and O–H groups in total. The van der Waals surface area contributed by atoms with E-state index in [-0.39, 0.29) is 6.10 Å². The van der Waals surface area contributed by atoms with Crippen molar-refractivity contribution in [2.24, 2.45) is 0 Å². The number of aryl methyl sites for hydroxylation is 2. The highest BCUT2D eigenvalue weighted by Crippen LogP contribution is 2.20. The van der Waals surface area contributed by atoms with E-state index in [4.69, 9.17) is 4.74 Å². The van der Waals surface area contributed by atoms with Crippen molar-refractivity contribution < 1.29 is 4.74 Å². The third kappa shape index (κ3) is 5.22. The Bertz CT molecular complexity index is 347. The van der Waals surface area contributed by atoms with Crippen LogP contribution in [0, 0.1) is 13.8 Å². The summed E-state index contributed by atoms with van der Waals surface area (Å²) >= 11 is 0. The Morgan fingerprint density at radius 1 is 1.18 bits per heavy atom. The fourth-order valence-electron chi connectivity index (χ4n) is 1.78. The summed E-state index contributed by atoms with van der Waals surface area (Å²) in [6.45, 7) is 11.7. The second kappa shape index (κ2) is 6.65. The van der Waals surface area contributed by atoms with Gasteiger partial charge in [0.15, 0.2) is 0 Å². The van der Waals surface area contributed by atoms with Gasteiger partial charge in [0.05, 0.1) is 6.10 Å². The van der Waals surface area contributed by atoms with Gasteiger partial charge in [0.25, 0.3) is 0 Å². The molecule has 0 aliphatic carbocycles. The normalized spacial score (nSPS) is 12.8. The lowest BCUT2D eigenvalue weighted by Gasteiger charge is -2.17. The van der Waals surface area contributed by atoms with Crippen LogP contribution in [0.4, 0.5) is 0 Å². The molecule has 1 rings (SSSR count). The molecular weight excluding hydrogens is 210 g/mol. The number of hydrogen-bond acceptors (Lipinski definition) is 2. The zero-order valence-corrected chi connectivity index (χ0v) is 11.7. The molecule has 0 aliphatic heterocycles. The molecule has 17 heavy (non-hydrogen) atoms. The van der Waals surface area contributed by atoms with Gasteiger partial charge in [-0.15, -0.1) is 0 Å². The molecule has 2 nitrogen and oxygen atoms in total. The van der Waals surface area contributed by atoms with Crippen molar-refractivity contribution in [1.29, 1.82) is 0 Å². The van der Waals surface area contributed by atoms with Gasteiger partial charge in [-0.3, -0.25) is 0 Å². The van der Waals surface area contributed by atoms with E-state index in [0.29, 0.717) is 6.04 Å². The Kier molecular flexibility index (Phi) is 5.49. The fourth-order valence-corrected chi connectivity index (χ4v) is 1.78. The van der Waals surface area contributed by atoms with Gasteiger partial charge in [-0.2, -0.15) is 0 Å². The molecule has 0 bridgehead atoms. The van der Waals surface area contributed by atoms with E-state index < -0.39 is 0 Å². The zero-order chi connectivity index (χ0) is 12.8. The molecule has 1 aromatic rings. The average Bonchev–Trinajstić information content (AvgIpc) is 2.21. The van der Waals surface area contributed by atoms with E-state index in [2.05, 4.69) is 58.1 Å². The third-order valence-corrected chi connectivity index (χ3v) is 2.76. The predicted molar refractivity (Wildman–Crippen MR) is 73.8 cm³/mol. The Morgan fingerprint density at radius 2 is 1.88 bits per heavy atom. The number of benzene rings is 1. The lowest BCUT2D eigenvalue weighted by molar-refractivity contribution is 0.207. The van der Waals surface area contributed by atoms with Crippen LogP contribution in [0.15, 0.2) is 18.2 Å². The summed E-state index contributed by atoms with van der Waals surface area (Å²) in [5.41, 5.74) is 2.50. The lowest BCUT2D eigenvalue weighted by Crippen LogP contribution is -2.27. The highest BCUT2D eigenvalue weighted by molar-refractivity contribution is 5.35. The van der Waals surface area contributed by atoms with Crippen molar-refractivity contribution in [2.75, 3.05) is 6.54 Å². The van der Waals surface area contributed by atoms with Crippen LogP contribution in [0.5, 0.6) is 5.75 Å². The number of rotatable bonds is 6. The third-order valence-electron chi connectivity index (χ3n) is 2.76. The van der Waals surface area contributed by atoms with Gasteiger partial charge in [-0.25, -0.2) is 0 Å². The SMILES string of the molecule is Cc1ccc(OC(C)CCNC(C)C)c(C)c1. The lowest BCUT2D eigenvalue weighted by atomic mass is 10.1. The standard InChI is InChI=1S/C15H25NO/c1-11(2)16-9-8-14(5)17-15-7-6-12(3)10-13(15)4/h6-7,10-11,14,16H,8-9H2,1-5H3. The summed E-state index contributed by atoms with van der Waals surface area (Å²) in [5, 5.41) is 3.41. The molecule has 1 unspecified atom stereocenters. The fraction of sp³-hybridized carbons (Fsp3) is 0.600. The van der Waals surface area contributed by atoms with Crippen molar-refractivity contribution in [1.82, 2.24) is 5.32 Å². The van der Waals surface area contributed by atoms with Gasteiger partial charge < -0.3 is 10.1 Å². The van der Waals surface area contributed by atoms with Crippen LogP contribution < -0.4 is 10.1 Å². The molecule has 0 saturated carbocycles. The first-order valence-corrected chi connectivity index (χ1v) is 6.46. The first kappa shape index (κ1) is 14.0. The summed E-state index contributed by atoms with van der Waals surface area (Å²) in [4.78, 5) is 0. The second-order valence-electron chi connectivity index (χ2n) is 5.09. The molecule has 0 amide bonds. The highest BCUT2D eigenvalue weighted by atomic mass is 16.5. The van der Waals surface area contributed by atoms with Gasteiger partial charge in [0.1, 0.15) is 5.75 Å². The van der Waals surface area contributed by atoms with E-state index in [1.165, 1.54) is 11.1 Å². The average molecular weight is 235 g/mol. The van der Waals surface area contributed by atoms with Crippen LogP contribution >= 0.6 is 0 Å². The Balaban J connectivity index is 2.42. The summed E-state index contributed by atoms with van der Waals surface area (Å²) < 4.78 is 5.94. The van der Waals surface area contributed by atoms with Crippen LogP contribution in [0.25, 0.3) is 0 Å². The second-order valence-corrected chi connectivity index (χ2v) is 5.09. The predicted octanol–water partition coefficient (Wildman–Crippen LogP) is 3.46. The van der Waals surface area contributed by atoms with Crippen LogP contribution in [0.1, 0.15) is 38.3 Å². The minimum Gasteiger partial charge on any atom is -0.490 e. The monoisotopic (exact) mass is 235 g/mol. The Hall–Kier alpha value is -1.02. The van der Waals surface area contributed by atoms with Gasteiger partial charge in [0, 0.05) is 6.04 Å². The van der Waals surface area contributed by atoms with Gasteiger partial charge in [-0.05, 0) is 45.4 Å². The van der Waals surface area contributed by atoms with Crippen LogP contribution in [0.2, 0.25) is 0 Å². The van der Waals surface area contributed by atoms with Crippen molar-refractivity contribution in [3.63, 3.8) is 0 Å². The Morgan fingerprint density at radius 3 is 2.47 bits per heavy atom. The first-order valence-electron chi connectivity index (χ1n) is 6.46. The molecule has 0 saturated heterocycles. The molecule has 2 heteroatoms. The van der Waals surface area contributed by atoms with Crippen molar-refractivity contribution in [3.8, 4) is 5.75 Å². The molecule has 96 valence electrons. The summed E-state index contributed by atoms with van der Waals surface area (Å²) in [5.74, 6) is 1.01. The van der Waals surface area contributed by atoms with Gasteiger partial charge in [-0.1, -0.05) is 31.5 Å². The maximum atomic E-state index is 5.94. The molecular formula is C15H25NO. The Labute approximate surface area is 105 Å². The maximum absolute atomic E-state index is 5.94. The topological polar surface area (TPSA) is 21.3 Å². The van der Waals surface area contributed by atoms with E-state index in [9.17, 15) is 0 Å². The smallest absolute Gasteiger partial charge is 0.122 e. The highest BCUT2D eigenvalue weighted by Gasteiger charge is 2.06. The van der Waals surface area contributed by atoms with Crippen molar-refractivity contribution in [3.05, 3.63) is 29.3 Å². The molecule has 0 aliphatic rings. The summed E-state index contributed by atoms with van der Waals surface area (Å²) in [6.07, 6.45) is 1.29. The molecule has 1 atom stereocenters. The molecule has 0 spiro atoms. The summed E-state index contributed by atoms with van der Waals surface area (Å²) in [6, 6.07) is 6.87. The molecule has 1 aromatic carbocycles. The van der Waals surface area contributed by atoms with Gasteiger partial charge >= 0.3 is 0 Å². The largest absolute Gasteiger partial charge is 0.490 e. The van der Waals surface area contributed by atoms with Crippen LogP contribution in [-0.2, 0) is 0 Å². The molecule has 0 heterocycles.